The average molecular weight is 432 g/mol. The van der Waals surface area contributed by atoms with Crippen LogP contribution in [-0.4, -0.2) is 57.0 Å². The van der Waals surface area contributed by atoms with Gasteiger partial charge in [-0.1, -0.05) is 24.3 Å². The third-order valence-corrected chi connectivity index (χ3v) is 5.11. The standard InChI is InChI=1S/C23H28O8/c1-15(30-16(2)24)8-7-10-20(25)23(29)18-14-17(31-19(18)12-13-21(23)26)9-5-3-4-6-11-22(27)28/h3-6,9,11-15,18-20,25,29H,7-8,10H2,1-2H3,(H,27,28)/b4-3+,9-5+,11-6+/t15-,18-,19-,20+,23-/m0/s1. The number of aliphatic carboxylic acids is 1. The van der Waals surface area contributed by atoms with Crippen molar-refractivity contribution < 1.29 is 39.2 Å². The van der Waals surface area contributed by atoms with E-state index in [1.807, 2.05) is 0 Å². The predicted octanol–water partition coefficient (Wildman–Crippen LogP) is 1.99. The Labute approximate surface area is 180 Å². The minimum atomic E-state index is -2.01. The Morgan fingerprint density at radius 2 is 1.97 bits per heavy atom. The number of aliphatic hydroxyl groups is 2. The summed E-state index contributed by atoms with van der Waals surface area (Å²) in [7, 11) is 0. The molecule has 0 aromatic rings. The fourth-order valence-corrected chi connectivity index (χ4v) is 3.62. The Kier molecular flexibility index (Phi) is 8.53. The molecule has 0 aromatic heterocycles. The third-order valence-electron chi connectivity index (χ3n) is 5.11. The number of ketones is 1. The minimum Gasteiger partial charge on any atom is -0.486 e. The van der Waals surface area contributed by atoms with Crippen LogP contribution in [0.4, 0.5) is 0 Å². The molecule has 1 aliphatic carbocycles. The minimum absolute atomic E-state index is 0.155. The maximum atomic E-state index is 12.5. The van der Waals surface area contributed by atoms with Crippen LogP contribution in [0.5, 0.6) is 0 Å². The maximum Gasteiger partial charge on any atom is 0.328 e. The van der Waals surface area contributed by atoms with Gasteiger partial charge in [-0.25, -0.2) is 4.79 Å². The number of esters is 1. The molecule has 8 heteroatoms. The van der Waals surface area contributed by atoms with Crippen molar-refractivity contribution in [2.75, 3.05) is 0 Å². The van der Waals surface area contributed by atoms with Crippen LogP contribution in [0.25, 0.3) is 0 Å². The van der Waals surface area contributed by atoms with E-state index in [0.29, 0.717) is 18.6 Å². The first-order valence-electron chi connectivity index (χ1n) is 10.1. The van der Waals surface area contributed by atoms with E-state index in [1.54, 1.807) is 37.3 Å². The van der Waals surface area contributed by atoms with Crippen LogP contribution >= 0.6 is 0 Å². The van der Waals surface area contributed by atoms with Gasteiger partial charge in [-0.15, -0.1) is 0 Å². The highest BCUT2D eigenvalue weighted by molar-refractivity contribution is 5.99. The first-order chi connectivity index (χ1) is 14.6. The van der Waals surface area contributed by atoms with E-state index in [9.17, 15) is 24.6 Å². The monoisotopic (exact) mass is 432 g/mol. The summed E-state index contributed by atoms with van der Waals surface area (Å²) in [6.07, 6.45) is 12.0. The molecular weight excluding hydrogens is 404 g/mol. The van der Waals surface area contributed by atoms with Crippen molar-refractivity contribution in [1.82, 2.24) is 0 Å². The molecule has 1 heterocycles. The zero-order chi connectivity index (χ0) is 23.0. The van der Waals surface area contributed by atoms with Gasteiger partial charge >= 0.3 is 11.9 Å². The molecule has 5 atom stereocenters. The topological polar surface area (TPSA) is 130 Å². The molecule has 3 N–H and O–H groups in total. The van der Waals surface area contributed by atoms with Crippen LogP contribution in [0.2, 0.25) is 0 Å². The highest BCUT2D eigenvalue weighted by Gasteiger charge is 2.54. The number of aliphatic hydroxyl groups excluding tert-OH is 1. The average Bonchev–Trinajstić information content (AvgIpc) is 3.10. The fourth-order valence-electron chi connectivity index (χ4n) is 3.62. The number of carbonyl (C=O) groups excluding carboxylic acids is 2. The number of ether oxygens (including phenoxy) is 2. The molecule has 8 nitrogen and oxygen atoms in total. The zero-order valence-electron chi connectivity index (χ0n) is 17.5. The Hall–Kier alpha value is -2.97. The van der Waals surface area contributed by atoms with Gasteiger partial charge in [0, 0.05) is 13.0 Å². The van der Waals surface area contributed by atoms with Crippen molar-refractivity contribution in [3.63, 3.8) is 0 Å². The van der Waals surface area contributed by atoms with E-state index in [0.717, 1.165) is 6.08 Å². The number of carboxylic acid groups (broad SMARTS) is 1. The Morgan fingerprint density at radius 3 is 2.65 bits per heavy atom. The number of carbonyl (C=O) groups is 3. The molecule has 0 amide bonds. The van der Waals surface area contributed by atoms with E-state index >= 15 is 0 Å². The van der Waals surface area contributed by atoms with Crippen molar-refractivity contribution in [3.8, 4) is 0 Å². The number of fused-ring (bicyclic) bond motifs is 1. The molecule has 31 heavy (non-hydrogen) atoms. The van der Waals surface area contributed by atoms with Gasteiger partial charge in [0.2, 0.25) is 0 Å². The van der Waals surface area contributed by atoms with Gasteiger partial charge in [0.15, 0.2) is 11.4 Å². The summed E-state index contributed by atoms with van der Waals surface area (Å²) >= 11 is 0. The van der Waals surface area contributed by atoms with Crippen LogP contribution in [0.3, 0.4) is 0 Å². The second kappa shape index (κ2) is 10.9. The summed E-state index contributed by atoms with van der Waals surface area (Å²) in [5.41, 5.74) is -2.01. The number of carboxylic acids is 1. The van der Waals surface area contributed by atoms with Crippen LogP contribution in [0.15, 0.2) is 60.4 Å². The summed E-state index contributed by atoms with van der Waals surface area (Å²) in [5.74, 6) is -2.34. The molecule has 0 aromatic carbocycles. The van der Waals surface area contributed by atoms with Gasteiger partial charge in [-0.05, 0) is 50.5 Å². The molecule has 0 radical (unpaired) electrons. The summed E-state index contributed by atoms with van der Waals surface area (Å²) in [6.45, 7) is 3.06. The van der Waals surface area contributed by atoms with E-state index in [4.69, 9.17) is 14.6 Å². The van der Waals surface area contributed by atoms with Crippen LogP contribution in [0.1, 0.15) is 33.1 Å². The number of hydrogen-bond donors (Lipinski definition) is 3. The highest BCUT2D eigenvalue weighted by Crippen LogP contribution is 2.40. The lowest BCUT2D eigenvalue weighted by Crippen LogP contribution is -2.58. The molecule has 1 aliphatic heterocycles. The van der Waals surface area contributed by atoms with E-state index < -0.39 is 35.5 Å². The van der Waals surface area contributed by atoms with Gasteiger partial charge in [0.1, 0.15) is 11.9 Å². The van der Waals surface area contributed by atoms with E-state index in [1.165, 1.54) is 25.2 Å². The number of hydrogen-bond acceptors (Lipinski definition) is 7. The van der Waals surface area contributed by atoms with Gasteiger partial charge in [-0.3, -0.25) is 9.59 Å². The molecule has 2 aliphatic rings. The molecule has 2 rings (SSSR count). The number of rotatable bonds is 10. The third kappa shape index (κ3) is 6.50. The van der Waals surface area contributed by atoms with Crippen molar-refractivity contribution in [2.24, 2.45) is 5.92 Å². The number of allylic oxidation sites excluding steroid dienone is 5. The van der Waals surface area contributed by atoms with Crippen LogP contribution < -0.4 is 0 Å². The zero-order valence-corrected chi connectivity index (χ0v) is 17.5. The van der Waals surface area contributed by atoms with Gasteiger partial charge < -0.3 is 24.8 Å². The molecule has 168 valence electrons. The smallest absolute Gasteiger partial charge is 0.328 e. The summed E-state index contributed by atoms with van der Waals surface area (Å²) < 4.78 is 10.8. The SMILES string of the molecule is CC(=O)O[C@@H](C)CCC[C@@H](O)[C@]1(O)C(=O)C=C[C@@H]2OC(/C=C/C=C/C=C/C(=O)O)=C[C@@H]21. The molecule has 0 unspecified atom stereocenters. The van der Waals surface area contributed by atoms with Crippen molar-refractivity contribution in [2.45, 2.75) is 57.0 Å². The second-order valence-corrected chi connectivity index (χ2v) is 7.53. The largest absolute Gasteiger partial charge is 0.486 e. The summed E-state index contributed by atoms with van der Waals surface area (Å²) in [4.78, 5) is 33.9. The molecule has 0 saturated carbocycles. The summed E-state index contributed by atoms with van der Waals surface area (Å²) in [5, 5.41) is 30.3. The van der Waals surface area contributed by atoms with Crippen molar-refractivity contribution in [1.29, 1.82) is 0 Å². The molecule has 0 bridgehead atoms. The summed E-state index contributed by atoms with van der Waals surface area (Å²) in [6, 6.07) is 0. The van der Waals surface area contributed by atoms with Gasteiger partial charge in [-0.2, -0.15) is 0 Å². The molecular formula is C23H28O8. The van der Waals surface area contributed by atoms with Crippen LogP contribution in [-0.2, 0) is 23.9 Å². The lowest BCUT2D eigenvalue weighted by molar-refractivity contribution is -0.159. The predicted molar refractivity (Wildman–Crippen MR) is 112 cm³/mol. The normalized spacial score (nSPS) is 27.4. The molecule has 0 saturated heterocycles. The Bertz CT molecular complexity index is 835. The Morgan fingerprint density at radius 1 is 1.26 bits per heavy atom. The first kappa shape index (κ1) is 24.3. The fraction of sp³-hybridized carbons (Fsp3) is 0.435. The van der Waals surface area contributed by atoms with Gasteiger partial charge in [0.05, 0.1) is 18.1 Å². The molecule has 0 spiro atoms. The van der Waals surface area contributed by atoms with Crippen molar-refractivity contribution >= 4 is 17.7 Å². The molecule has 0 fully saturated rings. The van der Waals surface area contributed by atoms with E-state index in [2.05, 4.69) is 0 Å². The van der Waals surface area contributed by atoms with Crippen molar-refractivity contribution in [3.05, 3.63) is 60.4 Å². The van der Waals surface area contributed by atoms with Gasteiger partial charge in [0.25, 0.3) is 0 Å². The van der Waals surface area contributed by atoms with E-state index in [-0.39, 0.29) is 18.5 Å². The second-order valence-electron chi connectivity index (χ2n) is 7.53. The lowest BCUT2D eigenvalue weighted by Gasteiger charge is -2.39. The lowest BCUT2D eigenvalue weighted by atomic mass is 9.72. The maximum absolute atomic E-state index is 12.5. The first-order valence-corrected chi connectivity index (χ1v) is 10.1. The Balaban J connectivity index is 2.03. The quantitative estimate of drug-likeness (QED) is 0.271. The van der Waals surface area contributed by atoms with Crippen LogP contribution in [0, 0.1) is 5.92 Å². The highest BCUT2D eigenvalue weighted by atomic mass is 16.5.